The van der Waals surface area contributed by atoms with Crippen molar-refractivity contribution in [3.05, 3.63) is 29.3 Å². The van der Waals surface area contributed by atoms with Gasteiger partial charge >= 0.3 is 0 Å². The summed E-state index contributed by atoms with van der Waals surface area (Å²) in [5, 5.41) is 19.7. The van der Waals surface area contributed by atoms with Gasteiger partial charge in [0.15, 0.2) is 5.78 Å². The molecule has 1 aromatic carbocycles. The molecule has 1 heterocycles. The molecule has 0 aliphatic carbocycles. The maximum Gasteiger partial charge on any atom is 0.170 e. The number of ketones is 1. The second-order valence-electron chi connectivity index (χ2n) is 3.94. The van der Waals surface area contributed by atoms with Gasteiger partial charge in [-0.25, -0.2) is 0 Å². The topological polar surface area (TPSA) is 66.8 Å². The van der Waals surface area contributed by atoms with Gasteiger partial charge in [-0.15, -0.1) is 0 Å². The number of benzene rings is 1. The fraction of sp³-hybridized carbons (Fsp3) is 0.417. The van der Waals surface area contributed by atoms with Gasteiger partial charge < -0.3 is 14.9 Å². The zero-order valence-electron chi connectivity index (χ0n) is 9.10. The van der Waals surface area contributed by atoms with Crippen LogP contribution in [0.1, 0.15) is 28.4 Å². The molecule has 0 bridgehead atoms. The minimum absolute atomic E-state index is 0.00799. The van der Waals surface area contributed by atoms with Gasteiger partial charge in [0, 0.05) is 11.8 Å². The third-order valence-corrected chi connectivity index (χ3v) is 3.42. The third kappa shape index (κ3) is 2.51. The molecule has 0 saturated heterocycles. The Morgan fingerprint density at radius 1 is 1.41 bits per heavy atom. The summed E-state index contributed by atoms with van der Waals surface area (Å²) in [4.78, 5) is 11.7. The number of aliphatic hydroxyl groups is 2. The molecule has 0 saturated carbocycles. The van der Waals surface area contributed by atoms with E-state index in [0.29, 0.717) is 29.9 Å². The van der Waals surface area contributed by atoms with Crippen molar-refractivity contribution in [1.82, 2.24) is 0 Å². The van der Waals surface area contributed by atoms with Crippen LogP contribution >= 0.6 is 15.9 Å². The standard InChI is InChI=1S/C12H13BrO4/c13-6-10(15)12(16)7-1-2-11-8(5-7)9(14)3-4-17-11/h1-2,5,10,12,15-16H,3-4,6H2. The lowest BCUT2D eigenvalue weighted by Crippen LogP contribution is -2.21. The number of rotatable bonds is 3. The molecule has 0 radical (unpaired) electrons. The molecule has 2 N–H and O–H groups in total. The van der Waals surface area contributed by atoms with Gasteiger partial charge in [0.1, 0.15) is 11.9 Å². The average molecular weight is 301 g/mol. The van der Waals surface area contributed by atoms with Gasteiger partial charge in [0.2, 0.25) is 0 Å². The molecule has 2 rings (SSSR count). The first kappa shape index (κ1) is 12.5. The number of ether oxygens (including phenoxy) is 1. The van der Waals surface area contributed by atoms with Crippen LogP contribution in [0.25, 0.3) is 0 Å². The van der Waals surface area contributed by atoms with Crippen molar-refractivity contribution in [3.8, 4) is 5.75 Å². The Morgan fingerprint density at radius 3 is 2.88 bits per heavy atom. The molecule has 0 spiro atoms. The first-order valence-electron chi connectivity index (χ1n) is 5.35. The van der Waals surface area contributed by atoms with Crippen molar-refractivity contribution >= 4 is 21.7 Å². The van der Waals surface area contributed by atoms with E-state index in [0.717, 1.165) is 0 Å². The Morgan fingerprint density at radius 2 is 2.18 bits per heavy atom. The van der Waals surface area contributed by atoms with Gasteiger partial charge in [-0.2, -0.15) is 0 Å². The van der Waals surface area contributed by atoms with Crippen molar-refractivity contribution < 1.29 is 19.7 Å². The molecule has 1 aliphatic heterocycles. The molecule has 4 nitrogen and oxygen atoms in total. The van der Waals surface area contributed by atoms with E-state index in [1.807, 2.05) is 0 Å². The van der Waals surface area contributed by atoms with Gasteiger partial charge in [-0.1, -0.05) is 22.0 Å². The molecule has 2 unspecified atom stereocenters. The van der Waals surface area contributed by atoms with Crippen LogP contribution < -0.4 is 4.74 Å². The highest BCUT2D eigenvalue weighted by Gasteiger charge is 2.23. The van der Waals surface area contributed by atoms with E-state index in [1.165, 1.54) is 0 Å². The predicted molar refractivity (Wildman–Crippen MR) is 65.6 cm³/mol. The molecule has 2 atom stereocenters. The third-order valence-electron chi connectivity index (χ3n) is 2.75. The maximum atomic E-state index is 11.7. The molecular formula is C12H13BrO4. The summed E-state index contributed by atoms with van der Waals surface area (Å²) in [6.45, 7) is 0.401. The van der Waals surface area contributed by atoms with Crippen LogP contribution in [0.4, 0.5) is 0 Å². The lowest BCUT2D eigenvalue weighted by atomic mass is 9.98. The van der Waals surface area contributed by atoms with Crippen molar-refractivity contribution in [3.63, 3.8) is 0 Å². The maximum absolute atomic E-state index is 11.7. The number of halogens is 1. The van der Waals surface area contributed by atoms with Crippen LogP contribution in [0, 0.1) is 0 Å². The largest absolute Gasteiger partial charge is 0.492 e. The zero-order valence-corrected chi connectivity index (χ0v) is 10.7. The monoisotopic (exact) mass is 300 g/mol. The Kier molecular flexibility index (Phi) is 3.81. The molecule has 17 heavy (non-hydrogen) atoms. The minimum Gasteiger partial charge on any atom is -0.492 e. The van der Waals surface area contributed by atoms with Gasteiger partial charge in [-0.3, -0.25) is 4.79 Å². The molecule has 5 heteroatoms. The average Bonchev–Trinajstić information content (AvgIpc) is 2.37. The Bertz CT molecular complexity index is 433. The molecule has 0 amide bonds. The van der Waals surface area contributed by atoms with E-state index in [2.05, 4.69) is 15.9 Å². The Labute approximate surface area is 107 Å². The highest BCUT2D eigenvalue weighted by Crippen LogP contribution is 2.29. The zero-order chi connectivity index (χ0) is 12.4. The van der Waals surface area contributed by atoms with Crippen molar-refractivity contribution in [2.45, 2.75) is 18.6 Å². The smallest absolute Gasteiger partial charge is 0.170 e. The number of fused-ring (bicyclic) bond motifs is 1. The molecule has 0 fully saturated rings. The number of alkyl halides is 1. The van der Waals surface area contributed by atoms with E-state index in [-0.39, 0.29) is 11.1 Å². The van der Waals surface area contributed by atoms with Gasteiger partial charge in [-0.05, 0) is 17.7 Å². The SMILES string of the molecule is O=C1CCOc2ccc(C(O)C(O)CBr)cc21. The quantitative estimate of drug-likeness (QED) is 0.829. The summed E-state index contributed by atoms with van der Waals surface area (Å²) in [6.07, 6.45) is -1.55. The van der Waals surface area contributed by atoms with Crippen LogP contribution in [-0.4, -0.2) is 34.0 Å². The fourth-order valence-electron chi connectivity index (χ4n) is 1.77. The number of carbonyl (C=O) groups excluding carboxylic acids is 1. The van der Waals surface area contributed by atoms with E-state index in [1.54, 1.807) is 18.2 Å². The highest BCUT2D eigenvalue weighted by atomic mass is 79.9. The first-order chi connectivity index (χ1) is 8.13. The second-order valence-corrected chi connectivity index (χ2v) is 4.59. The number of carbonyl (C=O) groups is 1. The van der Waals surface area contributed by atoms with Crippen molar-refractivity contribution in [2.75, 3.05) is 11.9 Å². The van der Waals surface area contributed by atoms with Gasteiger partial charge in [0.25, 0.3) is 0 Å². The highest BCUT2D eigenvalue weighted by molar-refractivity contribution is 9.09. The first-order valence-corrected chi connectivity index (χ1v) is 6.47. The summed E-state index contributed by atoms with van der Waals surface area (Å²) in [6, 6.07) is 4.91. The van der Waals surface area contributed by atoms with Crippen LogP contribution in [-0.2, 0) is 0 Å². The van der Waals surface area contributed by atoms with Crippen molar-refractivity contribution in [2.24, 2.45) is 0 Å². The Balaban J connectivity index is 2.32. The lowest BCUT2D eigenvalue weighted by molar-refractivity contribution is 0.0341. The minimum atomic E-state index is -1.01. The van der Waals surface area contributed by atoms with Crippen LogP contribution in [0.3, 0.4) is 0 Å². The molecule has 92 valence electrons. The molecule has 1 aromatic rings. The summed E-state index contributed by atoms with van der Waals surface area (Å²) in [7, 11) is 0. The summed E-state index contributed by atoms with van der Waals surface area (Å²) in [5.74, 6) is 0.555. The fourth-order valence-corrected chi connectivity index (χ4v) is 2.12. The predicted octanol–water partition coefficient (Wildman–Crippen LogP) is 1.44. The normalized spacial score (nSPS) is 18.2. The number of hydrogen-bond donors (Lipinski definition) is 2. The Hall–Kier alpha value is -0.910. The van der Waals surface area contributed by atoms with Crippen molar-refractivity contribution in [1.29, 1.82) is 0 Å². The molecular weight excluding hydrogens is 288 g/mol. The van der Waals surface area contributed by atoms with Crippen LogP contribution in [0.5, 0.6) is 5.75 Å². The summed E-state index contributed by atoms with van der Waals surface area (Å²) in [5.41, 5.74) is 1.00. The lowest BCUT2D eigenvalue weighted by Gasteiger charge is -2.20. The number of Topliss-reactive ketones (excluding diaryl/α,β-unsaturated/α-hetero) is 1. The molecule has 1 aliphatic rings. The van der Waals surface area contributed by atoms with E-state index < -0.39 is 12.2 Å². The van der Waals surface area contributed by atoms with Crippen LogP contribution in [0.2, 0.25) is 0 Å². The number of hydrogen-bond acceptors (Lipinski definition) is 4. The summed E-state index contributed by atoms with van der Waals surface area (Å²) >= 11 is 3.10. The number of aliphatic hydroxyl groups excluding tert-OH is 2. The molecule has 0 aromatic heterocycles. The van der Waals surface area contributed by atoms with E-state index >= 15 is 0 Å². The van der Waals surface area contributed by atoms with Gasteiger partial charge in [0.05, 0.1) is 18.3 Å². The second kappa shape index (κ2) is 5.16. The van der Waals surface area contributed by atoms with E-state index in [4.69, 9.17) is 4.74 Å². The summed E-state index contributed by atoms with van der Waals surface area (Å²) < 4.78 is 5.34. The van der Waals surface area contributed by atoms with E-state index in [9.17, 15) is 15.0 Å². The van der Waals surface area contributed by atoms with Crippen LogP contribution in [0.15, 0.2) is 18.2 Å².